The number of hydrogen-bond acceptors (Lipinski definition) is 2. The molecule has 0 fully saturated rings. The fourth-order valence-corrected chi connectivity index (χ4v) is 2.35. The Hall–Kier alpha value is -2.69. The second kappa shape index (κ2) is 7.05. The maximum absolute atomic E-state index is 12.9. The standard InChI is InChI=1S/C18H19FN2O2/c1-12-4-9-17(13(2)10-12)21(14(3)22)11-18(23)20-16-7-5-15(19)6-8-16/h4-10H,11H2,1-3H3,(H,20,23). The summed E-state index contributed by atoms with van der Waals surface area (Å²) in [5, 5.41) is 2.66. The number of nitrogens with one attached hydrogen (secondary N) is 1. The summed E-state index contributed by atoms with van der Waals surface area (Å²) in [6, 6.07) is 11.2. The van der Waals surface area contributed by atoms with Crippen molar-refractivity contribution in [2.75, 3.05) is 16.8 Å². The Bertz CT molecular complexity index is 726. The van der Waals surface area contributed by atoms with Gasteiger partial charge < -0.3 is 10.2 Å². The van der Waals surface area contributed by atoms with Crippen molar-refractivity contribution in [2.24, 2.45) is 0 Å². The van der Waals surface area contributed by atoms with Crippen molar-refractivity contribution in [2.45, 2.75) is 20.8 Å². The van der Waals surface area contributed by atoms with E-state index in [0.717, 1.165) is 11.1 Å². The van der Waals surface area contributed by atoms with Gasteiger partial charge in [0.05, 0.1) is 0 Å². The predicted octanol–water partition coefficient (Wildman–Crippen LogP) is 3.43. The van der Waals surface area contributed by atoms with E-state index in [-0.39, 0.29) is 24.2 Å². The molecule has 0 aliphatic rings. The number of amides is 2. The summed E-state index contributed by atoms with van der Waals surface area (Å²) in [5.74, 6) is -0.929. The molecular weight excluding hydrogens is 295 g/mol. The summed E-state index contributed by atoms with van der Waals surface area (Å²) in [6.45, 7) is 5.19. The number of carbonyl (C=O) groups is 2. The highest BCUT2D eigenvalue weighted by Crippen LogP contribution is 2.21. The van der Waals surface area contributed by atoms with Crippen molar-refractivity contribution in [3.05, 3.63) is 59.4 Å². The molecule has 2 aromatic carbocycles. The molecule has 0 saturated carbocycles. The summed E-state index contributed by atoms with van der Waals surface area (Å²) < 4.78 is 12.9. The Kier molecular flexibility index (Phi) is 5.11. The highest BCUT2D eigenvalue weighted by molar-refractivity contribution is 6.02. The van der Waals surface area contributed by atoms with Crippen LogP contribution in [-0.2, 0) is 9.59 Å². The number of carbonyl (C=O) groups excluding carboxylic acids is 2. The molecule has 0 heterocycles. The van der Waals surface area contributed by atoms with Gasteiger partial charge in [-0.15, -0.1) is 0 Å². The SMILES string of the molecule is CC(=O)N(CC(=O)Nc1ccc(F)cc1)c1ccc(C)cc1C. The van der Waals surface area contributed by atoms with E-state index in [0.29, 0.717) is 11.4 Å². The van der Waals surface area contributed by atoms with Gasteiger partial charge in [-0.2, -0.15) is 0 Å². The summed E-state index contributed by atoms with van der Waals surface area (Å²) in [7, 11) is 0. The number of anilines is 2. The van der Waals surface area contributed by atoms with Crippen molar-refractivity contribution in [1.82, 2.24) is 0 Å². The van der Waals surface area contributed by atoms with Crippen molar-refractivity contribution >= 4 is 23.2 Å². The van der Waals surface area contributed by atoms with Gasteiger partial charge >= 0.3 is 0 Å². The zero-order valence-corrected chi connectivity index (χ0v) is 13.4. The van der Waals surface area contributed by atoms with Gasteiger partial charge in [-0.1, -0.05) is 17.7 Å². The molecule has 0 aliphatic heterocycles. The molecule has 0 radical (unpaired) electrons. The summed E-state index contributed by atoms with van der Waals surface area (Å²) >= 11 is 0. The maximum Gasteiger partial charge on any atom is 0.244 e. The van der Waals surface area contributed by atoms with Crippen LogP contribution in [0.1, 0.15) is 18.1 Å². The minimum atomic E-state index is -0.372. The Labute approximate surface area is 134 Å². The molecule has 2 rings (SSSR count). The number of benzene rings is 2. The number of hydrogen-bond donors (Lipinski definition) is 1. The molecule has 0 atom stereocenters. The van der Waals surface area contributed by atoms with Gasteiger partial charge in [0.2, 0.25) is 11.8 Å². The van der Waals surface area contributed by atoms with E-state index < -0.39 is 0 Å². The van der Waals surface area contributed by atoms with Crippen LogP contribution >= 0.6 is 0 Å². The first-order valence-corrected chi connectivity index (χ1v) is 7.27. The number of nitrogens with zero attached hydrogens (tertiary/aromatic N) is 1. The number of aryl methyl sites for hydroxylation is 2. The van der Waals surface area contributed by atoms with Crippen molar-refractivity contribution in [3.8, 4) is 0 Å². The molecule has 23 heavy (non-hydrogen) atoms. The van der Waals surface area contributed by atoms with Crippen LogP contribution in [0.15, 0.2) is 42.5 Å². The Morgan fingerprint density at radius 1 is 1.09 bits per heavy atom. The van der Waals surface area contributed by atoms with Crippen LogP contribution in [0.5, 0.6) is 0 Å². The first-order valence-electron chi connectivity index (χ1n) is 7.27. The van der Waals surface area contributed by atoms with Gasteiger partial charge in [-0.3, -0.25) is 9.59 Å². The third-order valence-corrected chi connectivity index (χ3v) is 3.45. The van der Waals surface area contributed by atoms with Crippen molar-refractivity contribution in [1.29, 1.82) is 0 Å². The summed E-state index contributed by atoms with van der Waals surface area (Å²) in [5.41, 5.74) is 3.21. The second-order valence-corrected chi connectivity index (χ2v) is 5.45. The number of halogens is 1. The Balaban J connectivity index is 2.14. The van der Waals surface area contributed by atoms with Gasteiger partial charge in [0.15, 0.2) is 0 Å². The lowest BCUT2D eigenvalue weighted by Crippen LogP contribution is -2.37. The highest BCUT2D eigenvalue weighted by atomic mass is 19.1. The lowest BCUT2D eigenvalue weighted by molar-refractivity contribution is -0.120. The predicted molar refractivity (Wildman–Crippen MR) is 89.0 cm³/mol. The smallest absolute Gasteiger partial charge is 0.244 e. The van der Waals surface area contributed by atoms with Crippen LogP contribution in [0.3, 0.4) is 0 Å². The molecule has 0 saturated heterocycles. The monoisotopic (exact) mass is 314 g/mol. The Morgan fingerprint density at radius 2 is 1.74 bits per heavy atom. The zero-order valence-electron chi connectivity index (χ0n) is 13.4. The molecule has 0 bridgehead atoms. The van der Waals surface area contributed by atoms with E-state index in [1.165, 1.54) is 36.1 Å². The molecular formula is C18H19FN2O2. The quantitative estimate of drug-likeness (QED) is 0.940. The molecule has 2 amide bonds. The van der Waals surface area contributed by atoms with Crippen molar-refractivity contribution in [3.63, 3.8) is 0 Å². The zero-order chi connectivity index (χ0) is 17.0. The van der Waals surface area contributed by atoms with Gasteiger partial charge in [0.1, 0.15) is 12.4 Å². The highest BCUT2D eigenvalue weighted by Gasteiger charge is 2.17. The van der Waals surface area contributed by atoms with Crippen LogP contribution in [-0.4, -0.2) is 18.4 Å². The van der Waals surface area contributed by atoms with Gasteiger partial charge in [0, 0.05) is 18.3 Å². The lowest BCUT2D eigenvalue weighted by atomic mass is 10.1. The minimum absolute atomic E-state index is 0.101. The fourth-order valence-electron chi connectivity index (χ4n) is 2.35. The third kappa shape index (κ3) is 4.39. The summed E-state index contributed by atoms with van der Waals surface area (Å²) in [6.07, 6.45) is 0. The molecule has 0 aromatic heterocycles. The molecule has 1 N–H and O–H groups in total. The molecule has 0 spiro atoms. The first-order chi connectivity index (χ1) is 10.9. The largest absolute Gasteiger partial charge is 0.325 e. The Morgan fingerprint density at radius 3 is 2.30 bits per heavy atom. The topological polar surface area (TPSA) is 49.4 Å². The van der Waals surface area contributed by atoms with Crippen LogP contribution < -0.4 is 10.2 Å². The van der Waals surface area contributed by atoms with E-state index in [2.05, 4.69) is 5.32 Å². The van der Waals surface area contributed by atoms with Gasteiger partial charge in [-0.25, -0.2) is 4.39 Å². The molecule has 2 aromatic rings. The second-order valence-electron chi connectivity index (χ2n) is 5.45. The minimum Gasteiger partial charge on any atom is -0.325 e. The lowest BCUT2D eigenvalue weighted by Gasteiger charge is -2.23. The average molecular weight is 314 g/mol. The van der Waals surface area contributed by atoms with E-state index in [4.69, 9.17) is 0 Å². The fraction of sp³-hybridized carbons (Fsp3) is 0.222. The van der Waals surface area contributed by atoms with E-state index in [1.807, 2.05) is 32.0 Å². The van der Waals surface area contributed by atoms with Gasteiger partial charge in [0.25, 0.3) is 0 Å². The van der Waals surface area contributed by atoms with Crippen LogP contribution in [0, 0.1) is 19.7 Å². The molecule has 0 aliphatic carbocycles. The third-order valence-electron chi connectivity index (χ3n) is 3.45. The summed E-state index contributed by atoms with van der Waals surface area (Å²) in [4.78, 5) is 25.5. The van der Waals surface area contributed by atoms with E-state index in [9.17, 15) is 14.0 Å². The molecule has 0 unspecified atom stereocenters. The number of rotatable bonds is 4. The van der Waals surface area contributed by atoms with Crippen molar-refractivity contribution < 1.29 is 14.0 Å². The molecule has 120 valence electrons. The van der Waals surface area contributed by atoms with Crippen LogP contribution in [0.25, 0.3) is 0 Å². The maximum atomic E-state index is 12.9. The molecule has 5 heteroatoms. The van der Waals surface area contributed by atoms with Gasteiger partial charge in [-0.05, 0) is 49.7 Å². The first kappa shape index (κ1) is 16.7. The molecule has 4 nitrogen and oxygen atoms in total. The van der Waals surface area contributed by atoms with E-state index >= 15 is 0 Å². The van der Waals surface area contributed by atoms with Crippen LogP contribution in [0.2, 0.25) is 0 Å². The normalized spacial score (nSPS) is 10.3. The average Bonchev–Trinajstić information content (AvgIpc) is 2.48. The van der Waals surface area contributed by atoms with E-state index in [1.54, 1.807) is 0 Å². The van der Waals surface area contributed by atoms with Crippen LogP contribution in [0.4, 0.5) is 15.8 Å².